The highest BCUT2D eigenvalue weighted by atomic mass is 32.2. The fraction of sp³-hybridized carbons (Fsp3) is 0.185. The van der Waals surface area contributed by atoms with E-state index in [0.717, 1.165) is 27.3 Å². The average molecular weight is 505 g/mol. The number of hydrogen-bond acceptors (Lipinski definition) is 4. The van der Waals surface area contributed by atoms with Gasteiger partial charge < -0.3 is 10.4 Å². The summed E-state index contributed by atoms with van der Waals surface area (Å²) >= 11 is 1.53. The van der Waals surface area contributed by atoms with Gasteiger partial charge in [0.25, 0.3) is 5.91 Å². The fourth-order valence-electron chi connectivity index (χ4n) is 4.32. The second-order valence-electron chi connectivity index (χ2n) is 8.42. The first-order valence-electron chi connectivity index (χ1n) is 11.4. The summed E-state index contributed by atoms with van der Waals surface area (Å²) in [5.41, 5.74) is 4.49. The van der Waals surface area contributed by atoms with Gasteiger partial charge in [-0.05, 0) is 53.8 Å². The van der Waals surface area contributed by atoms with Gasteiger partial charge in [-0.3, -0.25) is 9.59 Å². The molecule has 1 aliphatic heterocycles. The van der Waals surface area contributed by atoms with Gasteiger partial charge in [0.05, 0.1) is 4.90 Å². The van der Waals surface area contributed by atoms with E-state index in [1.807, 2.05) is 66.8 Å². The van der Waals surface area contributed by atoms with Crippen LogP contribution in [0.5, 0.6) is 0 Å². The molecule has 0 saturated carbocycles. The van der Waals surface area contributed by atoms with Gasteiger partial charge in [-0.25, -0.2) is 8.51 Å². The number of rotatable bonds is 6. The van der Waals surface area contributed by atoms with Gasteiger partial charge in [0.1, 0.15) is 17.0 Å². The smallest absolute Gasteiger partial charge is 0.321 e. The summed E-state index contributed by atoms with van der Waals surface area (Å²) in [6, 6.07) is 16.7. The van der Waals surface area contributed by atoms with Crippen LogP contribution in [0, 0.1) is 0 Å². The highest BCUT2D eigenvalue weighted by molar-refractivity contribution is 7.83. The molecule has 5 rings (SSSR count). The van der Waals surface area contributed by atoms with E-state index in [1.54, 1.807) is 11.2 Å². The molecule has 0 radical (unpaired) electrons. The number of nitrogens with one attached hydrogen (secondary N) is 1. The van der Waals surface area contributed by atoms with Crippen molar-refractivity contribution in [2.45, 2.75) is 37.2 Å². The van der Waals surface area contributed by atoms with Crippen molar-refractivity contribution in [1.29, 1.82) is 0 Å². The lowest BCUT2D eigenvalue weighted by Gasteiger charge is -2.20. The van der Waals surface area contributed by atoms with Crippen LogP contribution in [-0.2, 0) is 33.5 Å². The Balaban J connectivity index is 1.29. The third-order valence-corrected chi connectivity index (χ3v) is 9.03. The quantitative estimate of drug-likeness (QED) is 0.480. The van der Waals surface area contributed by atoms with Gasteiger partial charge in [-0.15, -0.1) is 11.3 Å². The average Bonchev–Trinajstić information content (AvgIpc) is 3.30. The third-order valence-electron chi connectivity index (χ3n) is 6.18. The van der Waals surface area contributed by atoms with Crippen LogP contribution in [-0.4, -0.2) is 31.5 Å². The van der Waals surface area contributed by atoms with Crippen molar-refractivity contribution in [1.82, 2.24) is 4.31 Å². The van der Waals surface area contributed by atoms with Gasteiger partial charge in [-0.1, -0.05) is 55.5 Å². The molecule has 178 valence electrons. The maximum Gasteiger partial charge on any atom is 0.321 e. The van der Waals surface area contributed by atoms with E-state index < -0.39 is 23.0 Å². The van der Waals surface area contributed by atoms with Crippen LogP contribution in [0.25, 0.3) is 16.5 Å². The molecule has 0 saturated heterocycles. The summed E-state index contributed by atoms with van der Waals surface area (Å²) in [6.07, 6.45) is 6.96. The molecule has 2 N–H and O–H groups in total. The maximum absolute atomic E-state index is 12.9. The van der Waals surface area contributed by atoms with Crippen molar-refractivity contribution in [2.75, 3.05) is 5.32 Å². The molecular weight excluding hydrogens is 480 g/mol. The van der Waals surface area contributed by atoms with Crippen LogP contribution in [0.4, 0.5) is 5.69 Å². The number of fused-ring (bicyclic) bond motifs is 2. The number of carboxylic acid groups (broad SMARTS) is 1. The first kappa shape index (κ1) is 23.4. The highest BCUT2D eigenvalue weighted by Gasteiger charge is 2.37. The normalized spacial score (nSPS) is 17.7. The Bertz CT molecular complexity index is 1390. The summed E-state index contributed by atoms with van der Waals surface area (Å²) < 4.78 is 14.4. The number of carboxylic acids is 1. The van der Waals surface area contributed by atoms with Crippen LogP contribution >= 0.6 is 11.3 Å². The lowest BCUT2D eigenvalue weighted by molar-refractivity contribution is -0.141. The predicted molar refractivity (Wildman–Crippen MR) is 139 cm³/mol. The number of anilines is 1. The number of carbonyl (C=O) groups excluding carboxylic acids is 1. The van der Waals surface area contributed by atoms with E-state index in [1.165, 1.54) is 16.9 Å². The number of benzene rings is 2. The monoisotopic (exact) mass is 504 g/mol. The zero-order valence-corrected chi connectivity index (χ0v) is 20.7. The minimum Gasteiger partial charge on any atom is -0.480 e. The Labute approximate surface area is 210 Å². The molecule has 0 spiro atoms. The van der Waals surface area contributed by atoms with E-state index in [9.17, 15) is 18.9 Å². The maximum atomic E-state index is 12.9. The molecule has 1 aliphatic carbocycles. The van der Waals surface area contributed by atoms with Gasteiger partial charge in [0.2, 0.25) is 0 Å². The fourth-order valence-corrected chi connectivity index (χ4v) is 7.32. The van der Waals surface area contributed by atoms with Crippen molar-refractivity contribution in [3.63, 3.8) is 0 Å². The SMILES string of the molecule is CCC(C(=O)O)N1Cc2sc(-c3ccc(NC(=O)C4=Cc5ccccc5CC=C4)cc3)cc2S1=O. The third kappa shape index (κ3) is 4.65. The zero-order valence-electron chi connectivity index (χ0n) is 19.1. The molecule has 0 fully saturated rings. The number of thiophene rings is 1. The first-order valence-corrected chi connectivity index (χ1v) is 13.3. The van der Waals surface area contributed by atoms with E-state index >= 15 is 0 Å². The van der Waals surface area contributed by atoms with Crippen molar-refractivity contribution < 1.29 is 18.9 Å². The lowest BCUT2D eigenvalue weighted by atomic mass is 10.0. The largest absolute Gasteiger partial charge is 0.480 e. The molecule has 2 unspecified atom stereocenters. The van der Waals surface area contributed by atoms with Gasteiger partial charge in [-0.2, -0.15) is 0 Å². The van der Waals surface area contributed by atoms with Crippen LogP contribution < -0.4 is 5.32 Å². The van der Waals surface area contributed by atoms with Crippen LogP contribution in [0.3, 0.4) is 0 Å². The molecule has 0 bridgehead atoms. The van der Waals surface area contributed by atoms with E-state index in [0.29, 0.717) is 29.1 Å². The Hall–Kier alpha value is -3.33. The standard InChI is InChI=1S/C27H24N2O4S2/c1-2-22(27(31)32)29-16-24-25(35(29)33)15-23(34-24)18-10-12-21(13-11-18)28-26(30)20-9-5-8-17-6-3-4-7-19(17)14-20/h3-7,9-15,22H,2,8,16H2,1H3,(H,28,30)(H,31,32). The van der Waals surface area contributed by atoms with Crippen molar-refractivity contribution in [3.05, 3.63) is 88.3 Å². The summed E-state index contributed by atoms with van der Waals surface area (Å²) in [4.78, 5) is 27.0. The summed E-state index contributed by atoms with van der Waals surface area (Å²) in [7, 11) is -1.48. The van der Waals surface area contributed by atoms with Crippen molar-refractivity contribution >= 4 is 46.0 Å². The van der Waals surface area contributed by atoms with Gasteiger partial charge in [0.15, 0.2) is 0 Å². The number of nitrogens with zero attached hydrogens (tertiary/aromatic N) is 1. The van der Waals surface area contributed by atoms with E-state index in [4.69, 9.17) is 0 Å². The van der Waals surface area contributed by atoms with Gasteiger partial charge >= 0.3 is 5.97 Å². The van der Waals surface area contributed by atoms with E-state index in [-0.39, 0.29) is 5.91 Å². The molecule has 6 nitrogen and oxygen atoms in total. The second-order valence-corrected chi connectivity index (χ2v) is 11.0. The molecule has 2 aliphatic rings. The Morgan fingerprint density at radius 3 is 2.66 bits per heavy atom. The molecule has 2 heterocycles. The number of hydrogen-bond donors (Lipinski definition) is 2. The predicted octanol–water partition coefficient (Wildman–Crippen LogP) is 5.25. The molecule has 3 aromatic rings. The van der Waals surface area contributed by atoms with Crippen molar-refractivity contribution in [2.24, 2.45) is 0 Å². The second kappa shape index (κ2) is 9.73. The highest BCUT2D eigenvalue weighted by Crippen LogP contribution is 2.40. The minimum absolute atomic E-state index is 0.166. The van der Waals surface area contributed by atoms with E-state index in [2.05, 4.69) is 11.4 Å². The van der Waals surface area contributed by atoms with Crippen LogP contribution in [0.2, 0.25) is 0 Å². The van der Waals surface area contributed by atoms with Crippen LogP contribution in [0.15, 0.2) is 77.2 Å². The molecular formula is C27H24N2O4S2. The number of aliphatic carboxylic acids is 1. The minimum atomic E-state index is -1.48. The molecule has 1 aromatic heterocycles. The van der Waals surface area contributed by atoms with Crippen molar-refractivity contribution in [3.8, 4) is 10.4 Å². The Morgan fingerprint density at radius 1 is 1.17 bits per heavy atom. The molecule has 35 heavy (non-hydrogen) atoms. The summed E-state index contributed by atoms with van der Waals surface area (Å²) in [5.74, 6) is -1.12. The molecule has 1 amide bonds. The molecule has 2 aromatic carbocycles. The lowest BCUT2D eigenvalue weighted by Crippen LogP contribution is -2.38. The molecule has 2 atom stereocenters. The Kier molecular flexibility index (Phi) is 6.51. The number of amides is 1. The summed E-state index contributed by atoms with van der Waals surface area (Å²) in [6.45, 7) is 2.16. The number of carbonyl (C=O) groups is 2. The molecule has 8 heteroatoms. The Morgan fingerprint density at radius 2 is 1.94 bits per heavy atom. The summed E-state index contributed by atoms with van der Waals surface area (Å²) in [5, 5.41) is 12.4. The zero-order chi connectivity index (χ0) is 24.5. The first-order chi connectivity index (χ1) is 16.9. The number of allylic oxidation sites excluding steroid dienone is 1. The van der Waals surface area contributed by atoms with Crippen LogP contribution in [0.1, 0.15) is 29.3 Å². The van der Waals surface area contributed by atoms with Gasteiger partial charge in [0, 0.05) is 27.6 Å². The topological polar surface area (TPSA) is 86.7 Å².